The molecule has 0 radical (unpaired) electrons. The van der Waals surface area contributed by atoms with Crippen LogP contribution in [0.5, 0.6) is 11.5 Å². The second-order valence-electron chi connectivity index (χ2n) is 7.74. The molecule has 1 aromatic rings. The minimum atomic E-state index is -0.149. The summed E-state index contributed by atoms with van der Waals surface area (Å²) in [6, 6.07) is 8.32. The van der Waals surface area contributed by atoms with E-state index in [-0.39, 0.29) is 12.1 Å². The molecule has 1 N–H and O–H groups in total. The highest BCUT2D eigenvalue weighted by Crippen LogP contribution is 2.30. The monoisotopic (exact) mass is 374 g/mol. The van der Waals surface area contributed by atoms with E-state index in [2.05, 4.69) is 22.2 Å². The zero-order chi connectivity index (χ0) is 18.6. The average Bonchev–Trinajstić information content (AvgIpc) is 2.72. The third kappa shape index (κ3) is 4.47. The van der Waals surface area contributed by atoms with Gasteiger partial charge in [0.25, 0.3) is 0 Å². The van der Waals surface area contributed by atoms with E-state index in [9.17, 15) is 4.79 Å². The lowest BCUT2D eigenvalue weighted by Gasteiger charge is -2.42. The summed E-state index contributed by atoms with van der Waals surface area (Å²) in [4.78, 5) is 19.4. The van der Waals surface area contributed by atoms with Crippen molar-refractivity contribution >= 4 is 6.03 Å². The van der Waals surface area contributed by atoms with Gasteiger partial charge < -0.3 is 24.6 Å². The van der Waals surface area contributed by atoms with Crippen molar-refractivity contribution in [1.82, 2.24) is 20.0 Å². The fourth-order valence-corrected chi connectivity index (χ4v) is 4.13. The lowest BCUT2D eigenvalue weighted by Crippen LogP contribution is -2.56. The molecule has 1 aromatic carbocycles. The van der Waals surface area contributed by atoms with E-state index in [1.165, 1.54) is 25.9 Å². The largest absolute Gasteiger partial charge is 0.486 e. The maximum Gasteiger partial charge on any atom is 0.317 e. The molecule has 3 heterocycles. The highest BCUT2D eigenvalue weighted by Gasteiger charge is 2.28. The molecule has 3 aliphatic rings. The number of nitrogens with one attached hydrogen (secondary N) is 1. The maximum atomic E-state index is 12.5. The number of benzene rings is 1. The Morgan fingerprint density at radius 3 is 2.52 bits per heavy atom. The van der Waals surface area contributed by atoms with Crippen LogP contribution < -0.4 is 14.8 Å². The number of hydrogen-bond acceptors (Lipinski definition) is 5. The van der Waals surface area contributed by atoms with Crippen molar-refractivity contribution < 1.29 is 14.3 Å². The first-order valence-electron chi connectivity index (χ1n) is 10.0. The van der Waals surface area contributed by atoms with Crippen molar-refractivity contribution in [1.29, 1.82) is 0 Å². The number of likely N-dealkylation sites (tertiary alicyclic amines) is 1. The molecule has 0 aliphatic carbocycles. The van der Waals surface area contributed by atoms with E-state index in [1.54, 1.807) is 0 Å². The molecule has 0 bridgehead atoms. The van der Waals surface area contributed by atoms with Gasteiger partial charge in [0.15, 0.2) is 17.6 Å². The molecule has 2 fully saturated rings. The molecular formula is C20H30N4O3. The van der Waals surface area contributed by atoms with E-state index in [4.69, 9.17) is 9.47 Å². The number of fused-ring (bicyclic) bond motifs is 1. The zero-order valence-corrected chi connectivity index (χ0v) is 16.1. The number of nitrogens with zero attached hydrogens (tertiary/aromatic N) is 3. The Hall–Kier alpha value is -1.99. The molecule has 0 spiro atoms. The van der Waals surface area contributed by atoms with Crippen LogP contribution in [0.15, 0.2) is 24.3 Å². The predicted molar refractivity (Wildman–Crippen MR) is 103 cm³/mol. The molecule has 27 heavy (non-hydrogen) atoms. The van der Waals surface area contributed by atoms with Crippen LogP contribution in [0.4, 0.5) is 4.79 Å². The molecule has 2 saturated heterocycles. The van der Waals surface area contributed by atoms with Crippen LogP contribution in [0.25, 0.3) is 0 Å². The molecule has 0 aromatic heterocycles. The lowest BCUT2D eigenvalue weighted by atomic mass is 10.0. The number of piperazine rings is 1. The number of ether oxygens (including phenoxy) is 2. The smallest absolute Gasteiger partial charge is 0.317 e. The number of rotatable bonds is 3. The first-order chi connectivity index (χ1) is 13.2. The second-order valence-corrected chi connectivity index (χ2v) is 7.74. The standard InChI is InChI=1S/C20H30N4O3/c1-22-8-6-16(7-9-22)23-10-12-24(13-11-23)20(25)21-14-17-15-26-18-4-2-3-5-19(18)27-17/h2-5,16-17H,6-15H2,1H3,(H,21,25). The summed E-state index contributed by atoms with van der Waals surface area (Å²) in [6.07, 6.45) is 2.33. The van der Waals surface area contributed by atoms with Gasteiger partial charge in [-0.2, -0.15) is 0 Å². The molecule has 4 rings (SSSR count). The van der Waals surface area contributed by atoms with E-state index < -0.39 is 0 Å². The van der Waals surface area contributed by atoms with Gasteiger partial charge in [0.2, 0.25) is 0 Å². The maximum absolute atomic E-state index is 12.5. The summed E-state index contributed by atoms with van der Waals surface area (Å²) >= 11 is 0. The highest BCUT2D eigenvalue weighted by molar-refractivity contribution is 5.74. The van der Waals surface area contributed by atoms with Crippen molar-refractivity contribution in [3.05, 3.63) is 24.3 Å². The van der Waals surface area contributed by atoms with Gasteiger partial charge in [-0.15, -0.1) is 0 Å². The Labute approximate surface area is 161 Å². The summed E-state index contributed by atoms with van der Waals surface area (Å²) in [7, 11) is 2.19. The van der Waals surface area contributed by atoms with Gasteiger partial charge in [0.05, 0.1) is 6.54 Å². The van der Waals surface area contributed by atoms with Crippen molar-refractivity contribution in [2.75, 3.05) is 59.5 Å². The topological polar surface area (TPSA) is 57.3 Å². The van der Waals surface area contributed by atoms with E-state index in [0.717, 1.165) is 37.7 Å². The van der Waals surface area contributed by atoms with Crippen LogP contribution in [-0.4, -0.2) is 92.3 Å². The Balaban J connectivity index is 1.19. The Morgan fingerprint density at radius 1 is 1.07 bits per heavy atom. The van der Waals surface area contributed by atoms with Crippen molar-refractivity contribution in [3.8, 4) is 11.5 Å². The SMILES string of the molecule is CN1CCC(N2CCN(C(=O)NCC3COc4ccccc4O3)CC2)CC1. The van der Waals surface area contributed by atoms with Crippen LogP contribution in [0.3, 0.4) is 0 Å². The fraction of sp³-hybridized carbons (Fsp3) is 0.650. The number of para-hydroxylation sites is 2. The second kappa shape index (κ2) is 8.35. The van der Waals surface area contributed by atoms with E-state index in [0.29, 0.717) is 19.2 Å². The molecule has 0 saturated carbocycles. The molecule has 7 heteroatoms. The molecule has 148 valence electrons. The molecule has 1 unspecified atom stereocenters. The number of urea groups is 1. The lowest BCUT2D eigenvalue weighted by molar-refractivity contribution is 0.0705. The Bertz CT molecular complexity index is 640. The van der Waals surface area contributed by atoms with Gasteiger partial charge in [0.1, 0.15) is 6.61 Å². The zero-order valence-electron chi connectivity index (χ0n) is 16.1. The first kappa shape index (κ1) is 18.4. The van der Waals surface area contributed by atoms with Gasteiger partial charge in [-0.25, -0.2) is 4.79 Å². The molecular weight excluding hydrogens is 344 g/mol. The minimum absolute atomic E-state index is 0.000450. The molecule has 1 atom stereocenters. The van der Waals surface area contributed by atoms with Gasteiger partial charge in [-0.05, 0) is 45.1 Å². The third-order valence-electron chi connectivity index (χ3n) is 5.85. The average molecular weight is 374 g/mol. The van der Waals surface area contributed by atoms with Crippen molar-refractivity contribution in [2.24, 2.45) is 0 Å². The van der Waals surface area contributed by atoms with E-state index >= 15 is 0 Å². The fourth-order valence-electron chi connectivity index (χ4n) is 4.13. The van der Waals surface area contributed by atoms with Crippen LogP contribution in [-0.2, 0) is 0 Å². The number of carbonyl (C=O) groups is 1. The summed E-state index contributed by atoms with van der Waals surface area (Å²) in [5.41, 5.74) is 0. The minimum Gasteiger partial charge on any atom is -0.486 e. The Morgan fingerprint density at radius 2 is 1.78 bits per heavy atom. The number of carbonyl (C=O) groups excluding carboxylic acids is 1. The Kier molecular flexibility index (Phi) is 5.69. The van der Waals surface area contributed by atoms with Gasteiger partial charge >= 0.3 is 6.03 Å². The molecule has 2 amide bonds. The van der Waals surface area contributed by atoms with Crippen LogP contribution in [0.1, 0.15) is 12.8 Å². The van der Waals surface area contributed by atoms with Gasteiger partial charge in [-0.1, -0.05) is 12.1 Å². The molecule has 3 aliphatic heterocycles. The summed E-state index contributed by atoms with van der Waals surface area (Å²) in [5, 5.41) is 3.01. The summed E-state index contributed by atoms with van der Waals surface area (Å²) in [6.45, 7) is 6.81. The van der Waals surface area contributed by atoms with Crippen molar-refractivity contribution in [2.45, 2.75) is 25.0 Å². The van der Waals surface area contributed by atoms with Gasteiger partial charge in [0, 0.05) is 32.2 Å². The predicted octanol–water partition coefficient (Wildman–Crippen LogP) is 1.25. The normalized spacial score (nSPS) is 24.6. The number of hydrogen-bond donors (Lipinski definition) is 1. The number of piperidine rings is 1. The van der Waals surface area contributed by atoms with E-state index in [1.807, 2.05) is 29.2 Å². The molecule has 7 nitrogen and oxygen atoms in total. The quantitative estimate of drug-likeness (QED) is 0.863. The third-order valence-corrected chi connectivity index (χ3v) is 5.85. The van der Waals surface area contributed by atoms with Crippen LogP contribution in [0.2, 0.25) is 0 Å². The summed E-state index contributed by atoms with van der Waals surface area (Å²) in [5.74, 6) is 1.51. The van der Waals surface area contributed by atoms with Crippen LogP contribution in [0, 0.1) is 0 Å². The first-order valence-corrected chi connectivity index (χ1v) is 10.0. The number of amides is 2. The van der Waals surface area contributed by atoms with Crippen LogP contribution >= 0.6 is 0 Å². The highest BCUT2D eigenvalue weighted by atomic mass is 16.6. The summed E-state index contributed by atoms with van der Waals surface area (Å²) < 4.78 is 11.6. The van der Waals surface area contributed by atoms with Crippen molar-refractivity contribution in [3.63, 3.8) is 0 Å². The van der Waals surface area contributed by atoms with Gasteiger partial charge in [-0.3, -0.25) is 4.90 Å².